The highest BCUT2D eigenvalue weighted by molar-refractivity contribution is 7.98. The molecule has 1 aromatic heterocycles. The van der Waals surface area contributed by atoms with Gasteiger partial charge in [0.15, 0.2) is 11.0 Å². The fraction of sp³-hybridized carbons (Fsp3) is 0.318. The van der Waals surface area contributed by atoms with E-state index in [0.29, 0.717) is 22.3 Å². The molecule has 162 valence electrons. The van der Waals surface area contributed by atoms with Crippen LogP contribution in [0.1, 0.15) is 47.2 Å². The summed E-state index contributed by atoms with van der Waals surface area (Å²) in [6.07, 6.45) is 0. The Morgan fingerprint density at radius 1 is 1.13 bits per heavy atom. The zero-order chi connectivity index (χ0) is 22.5. The number of aryl methyl sites for hydroxylation is 1. The van der Waals surface area contributed by atoms with Gasteiger partial charge in [-0.25, -0.2) is 0 Å². The zero-order valence-electron chi connectivity index (χ0n) is 17.9. The molecule has 0 saturated heterocycles. The average molecular weight is 440 g/mol. The van der Waals surface area contributed by atoms with Crippen LogP contribution in [0.25, 0.3) is 0 Å². The Labute approximate surface area is 185 Å². The van der Waals surface area contributed by atoms with Crippen molar-refractivity contribution in [2.75, 3.05) is 0 Å². The molecule has 1 amide bonds. The Balaban J connectivity index is 1.71. The molecule has 1 heterocycles. The summed E-state index contributed by atoms with van der Waals surface area (Å²) in [7, 11) is 1.88. The van der Waals surface area contributed by atoms with Gasteiger partial charge >= 0.3 is 0 Å². The highest BCUT2D eigenvalue weighted by Gasteiger charge is 2.25. The van der Waals surface area contributed by atoms with Crippen LogP contribution in [0.3, 0.4) is 0 Å². The predicted molar refractivity (Wildman–Crippen MR) is 120 cm³/mol. The summed E-state index contributed by atoms with van der Waals surface area (Å²) >= 11 is 1.49. The summed E-state index contributed by atoms with van der Waals surface area (Å²) in [4.78, 5) is 23.1. The normalized spacial score (nSPS) is 12.0. The number of nitro benzene ring substituents is 1. The highest BCUT2D eigenvalue weighted by atomic mass is 32.2. The van der Waals surface area contributed by atoms with E-state index >= 15 is 0 Å². The van der Waals surface area contributed by atoms with Gasteiger partial charge in [0.2, 0.25) is 0 Å². The first kappa shape index (κ1) is 22.5. The molecular weight excluding hydrogens is 414 g/mol. The minimum Gasteiger partial charge on any atom is -0.342 e. The largest absolute Gasteiger partial charge is 0.342 e. The molecule has 8 nitrogen and oxygen atoms in total. The summed E-state index contributed by atoms with van der Waals surface area (Å²) in [5.41, 5.74) is 2.72. The fourth-order valence-electron chi connectivity index (χ4n) is 3.04. The van der Waals surface area contributed by atoms with E-state index < -0.39 is 4.92 Å². The Hall–Kier alpha value is -3.20. The van der Waals surface area contributed by atoms with Gasteiger partial charge in [0.25, 0.3) is 11.6 Å². The molecule has 31 heavy (non-hydrogen) atoms. The number of aromatic nitrogens is 3. The van der Waals surface area contributed by atoms with E-state index in [-0.39, 0.29) is 23.6 Å². The van der Waals surface area contributed by atoms with Crippen LogP contribution in [0.15, 0.2) is 53.7 Å². The van der Waals surface area contributed by atoms with Crippen LogP contribution < -0.4 is 5.32 Å². The molecule has 0 saturated carbocycles. The maximum atomic E-state index is 12.7. The number of thioether (sulfide) groups is 1. The van der Waals surface area contributed by atoms with E-state index in [4.69, 9.17) is 0 Å². The van der Waals surface area contributed by atoms with E-state index in [1.54, 1.807) is 12.1 Å². The summed E-state index contributed by atoms with van der Waals surface area (Å²) < 4.78 is 1.89. The lowest BCUT2D eigenvalue weighted by Gasteiger charge is -2.21. The lowest BCUT2D eigenvalue weighted by Crippen LogP contribution is -2.33. The van der Waals surface area contributed by atoms with Crippen molar-refractivity contribution >= 4 is 23.4 Å². The minimum absolute atomic E-state index is 0.0683. The first-order valence-electron chi connectivity index (χ1n) is 9.89. The third kappa shape index (κ3) is 5.49. The number of rotatable bonds is 8. The van der Waals surface area contributed by atoms with Gasteiger partial charge in [-0.3, -0.25) is 14.9 Å². The first-order valence-corrected chi connectivity index (χ1v) is 10.9. The second-order valence-corrected chi connectivity index (χ2v) is 8.62. The molecule has 9 heteroatoms. The molecular formula is C22H25N5O3S. The number of nitro groups is 1. The monoisotopic (exact) mass is 439 g/mol. The third-order valence-electron chi connectivity index (χ3n) is 4.93. The Morgan fingerprint density at radius 2 is 1.77 bits per heavy atom. The maximum Gasteiger partial charge on any atom is 0.269 e. The van der Waals surface area contributed by atoms with Gasteiger partial charge in [0.1, 0.15) is 0 Å². The lowest BCUT2D eigenvalue weighted by atomic mass is 10.0. The summed E-state index contributed by atoms with van der Waals surface area (Å²) in [5, 5.41) is 23.2. The van der Waals surface area contributed by atoms with Gasteiger partial charge in [0, 0.05) is 30.5 Å². The molecule has 0 aliphatic rings. The van der Waals surface area contributed by atoms with Gasteiger partial charge in [-0.05, 0) is 30.5 Å². The molecule has 0 radical (unpaired) electrons. The molecule has 0 spiro atoms. The number of hydrogen-bond donors (Lipinski definition) is 1. The van der Waals surface area contributed by atoms with Crippen LogP contribution in [0.4, 0.5) is 5.69 Å². The second kappa shape index (κ2) is 9.74. The van der Waals surface area contributed by atoms with Crippen molar-refractivity contribution in [3.63, 3.8) is 0 Å². The van der Waals surface area contributed by atoms with E-state index in [2.05, 4.69) is 15.5 Å². The molecule has 1 atom stereocenters. The topological polar surface area (TPSA) is 103 Å². The van der Waals surface area contributed by atoms with Gasteiger partial charge in [-0.15, -0.1) is 10.2 Å². The molecule has 3 rings (SSSR count). The SMILES string of the molecule is Cc1ccc(C(=O)N[C@@H](c2nnc(SCc3ccc([N+](=O)[O-])cc3)n2C)C(C)C)cc1. The van der Waals surface area contributed by atoms with Gasteiger partial charge in [0.05, 0.1) is 11.0 Å². The van der Waals surface area contributed by atoms with Crippen LogP contribution in [-0.2, 0) is 12.8 Å². The maximum absolute atomic E-state index is 12.7. The predicted octanol–water partition coefficient (Wildman–Crippen LogP) is 4.45. The number of benzene rings is 2. The minimum atomic E-state index is -0.414. The highest BCUT2D eigenvalue weighted by Crippen LogP contribution is 2.27. The van der Waals surface area contributed by atoms with Crippen LogP contribution in [0.5, 0.6) is 0 Å². The second-order valence-electron chi connectivity index (χ2n) is 7.67. The summed E-state index contributed by atoms with van der Waals surface area (Å²) in [6.45, 7) is 6.03. The van der Waals surface area contributed by atoms with Crippen molar-refractivity contribution in [1.29, 1.82) is 0 Å². The quantitative estimate of drug-likeness (QED) is 0.316. The van der Waals surface area contributed by atoms with Crippen molar-refractivity contribution in [1.82, 2.24) is 20.1 Å². The molecule has 3 aromatic rings. The van der Waals surface area contributed by atoms with Crippen LogP contribution in [0.2, 0.25) is 0 Å². The van der Waals surface area contributed by atoms with Gasteiger partial charge < -0.3 is 9.88 Å². The molecule has 0 fully saturated rings. The molecule has 0 aliphatic heterocycles. The molecule has 0 unspecified atom stereocenters. The number of amides is 1. The Kier molecular flexibility index (Phi) is 7.06. The van der Waals surface area contributed by atoms with E-state index in [1.165, 1.54) is 23.9 Å². The van der Waals surface area contributed by atoms with E-state index in [0.717, 1.165) is 11.1 Å². The first-order chi connectivity index (χ1) is 14.8. The van der Waals surface area contributed by atoms with E-state index in [9.17, 15) is 14.9 Å². The summed E-state index contributed by atoms with van der Waals surface area (Å²) in [6, 6.07) is 13.6. The lowest BCUT2D eigenvalue weighted by molar-refractivity contribution is -0.384. The number of carbonyl (C=O) groups is 1. The smallest absolute Gasteiger partial charge is 0.269 e. The molecule has 0 aliphatic carbocycles. The number of carbonyl (C=O) groups excluding carboxylic acids is 1. The number of non-ortho nitro benzene ring substituents is 1. The zero-order valence-corrected chi connectivity index (χ0v) is 18.7. The molecule has 1 N–H and O–H groups in total. The third-order valence-corrected chi connectivity index (χ3v) is 6.02. The van der Waals surface area contributed by atoms with E-state index in [1.807, 2.05) is 56.7 Å². The van der Waals surface area contributed by atoms with Crippen LogP contribution in [-0.4, -0.2) is 25.6 Å². The Bertz CT molecular complexity index is 1060. The van der Waals surface area contributed by atoms with Crippen molar-refractivity contribution in [2.24, 2.45) is 13.0 Å². The van der Waals surface area contributed by atoms with Crippen LogP contribution in [0, 0.1) is 23.0 Å². The van der Waals surface area contributed by atoms with Crippen molar-refractivity contribution < 1.29 is 9.72 Å². The number of hydrogen-bond acceptors (Lipinski definition) is 6. The standard InChI is InChI=1S/C22H25N5O3S/c1-14(2)19(23-21(28)17-9-5-15(3)6-10-17)20-24-25-22(26(20)4)31-13-16-7-11-18(12-8-16)27(29)30/h5-12,14,19H,13H2,1-4H3,(H,23,28)/t19-/m1/s1. The molecule has 2 aromatic carbocycles. The van der Waals surface area contributed by atoms with Crippen LogP contribution >= 0.6 is 11.8 Å². The molecule has 0 bridgehead atoms. The van der Waals surface area contributed by atoms with Crippen molar-refractivity contribution in [2.45, 2.75) is 37.7 Å². The number of nitrogens with one attached hydrogen (secondary N) is 1. The van der Waals surface area contributed by atoms with Gasteiger partial charge in [-0.2, -0.15) is 0 Å². The summed E-state index contributed by atoms with van der Waals surface area (Å²) in [5.74, 6) is 1.25. The average Bonchev–Trinajstić information content (AvgIpc) is 3.11. The number of nitrogens with zero attached hydrogens (tertiary/aromatic N) is 4. The van der Waals surface area contributed by atoms with Crippen molar-refractivity contribution in [3.05, 3.63) is 81.2 Å². The Morgan fingerprint density at radius 3 is 2.35 bits per heavy atom. The van der Waals surface area contributed by atoms with Crippen molar-refractivity contribution in [3.8, 4) is 0 Å². The van der Waals surface area contributed by atoms with Gasteiger partial charge in [-0.1, -0.05) is 55.4 Å². The fourth-order valence-corrected chi connectivity index (χ4v) is 3.92.